The highest BCUT2D eigenvalue weighted by atomic mass is 35.5. The Balaban J connectivity index is 0.00000144. The second-order valence-corrected chi connectivity index (χ2v) is 5.84. The summed E-state index contributed by atoms with van der Waals surface area (Å²) in [4.78, 5) is 11.7. The quantitative estimate of drug-likeness (QED) is 0.813. The maximum Gasteiger partial charge on any atom is 0.220 e. The topological polar surface area (TPSA) is 41.1 Å². The van der Waals surface area contributed by atoms with Crippen LogP contribution < -0.4 is 10.6 Å². The molecule has 1 saturated carbocycles. The summed E-state index contributed by atoms with van der Waals surface area (Å²) in [5.41, 5.74) is 0.320. The third-order valence-corrected chi connectivity index (χ3v) is 4.22. The van der Waals surface area contributed by atoms with E-state index >= 15 is 0 Å². The van der Waals surface area contributed by atoms with Gasteiger partial charge in [-0.1, -0.05) is 13.3 Å². The summed E-state index contributed by atoms with van der Waals surface area (Å²) in [5.74, 6) is 0.949. The van der Waals surface area contributed by atoms with Gasteiger partial charge in [0.15, 0.2) is 0 Å². The first kappa shape index (κ1) is 14.8. The average molecular weight is 261 g/mol. The molecule has 3 nitrogen and oxygen atoms in total. The molecule has 0 spiro atoms. The molecule has 0 aromatic rings. The number of nitrogens with one attached hydrogen (secondary N) is 2. The molecule has 100 valence electrons. The molecule has 1 amide bonds. The lowest BCUT2D eigenvalue weighted by Crippen LogP contribution is -2.43. The van der Waals surface area contributed by atoms with Gasteiger partial charge in [-0.3, -0.25) is 4.79 Å². The number of carbonyl (C=O) groups is 1. The minimum atomic E-state index is 0. The molecule has 0 bridgehead atoms. The lowest BCUT2D eigenvalue weighted by atomic mass is 9.80. The zero-order valence-electron chi connectivity index (χ0n) is 10.8. The molecule has 2 N–H and O–H groups in total. The zero-order valence-corrected chi connectivity index (χ0v) is 11.6. The summed E-state index contributed by atoms with van der Waals surface area (Å²) in [6, 6.07) is 0. The van der Waals surface area contributed by atoms with E-state index in [0.717, 1.165) is 26.1 Å². The van der Waals surface area contributed by atoms with Crippen LogP contribution in [0.5, 0.6) is 0 Å². The van der Waals surface area contributed by atoms with Crippen molar-refractivity contribution in [2.24, 2.45) is 11.3 Å². The predicted octanol–water partition coefficient (Wildman–Crippen LogP) is 2.10. The largest absolute Gasteiger partial charge is 0.356 e. The van der Waals surface area contributed by atoms with Gasteiger partial charge in [0.25, 0.3) is 0 Å². The van der Waals surface area contributed by atoms with E-state index in [1.54, 1.807) is 0 Å². The van der Waals surface area contributed by atoms with Crippen LogP contribution in [0.25, 0.3) is 0 Å². The molecule has 2 aliphatic rings. The van der Waals surface area contributed by atoms with Gasteiger partial charge in [-0.15, -0.1) is 12.4 Å². The Morgan fingerprint density at radius 1 is 1.35 bits per heavy atom. The van der Waals surface area contributed by atoms with Crippen LogP contribution in [-0.4, -0.2) is 25.5 Å². The van der Waals surface area contributed by atoms with Crippen LogP contribution >= 0.6 is 12.4 Å². The molecular formula is C13H25ClN2O. The third kappa shape index (κ3) is 4.47. The minimum Gasteiger partial charge on any atom is -0.356 e. The van der Waals surface area contributed by atoms with E-state index in [4.69, 9.17) is 0 Å². The fraction of sp³-hybridized carbons (Fsp3) is 0.923. The monoisotopic (exact) mass is 260 g/mol. The smallest absolute Gasteiger partial charge is 0.220 e. The van der Waals surface area contributed by atoms with E-state index in [1.165, 1.54) is 32.1 Å². The molecule has 0 aromatic heterocycles. The number of rotatable bonds is 4. The van der Waals surface area contributed by atoms with E-state index in [-0.39, 0.29) is 18.3 Å². The molecule has 0 radical (unpaired) electrons. The van der Waals surface area contributed by atoms with Gasteiger partial charge in [-0.2, -0.15) is 0 Å². The van der Waals surface area contributed by atoms with Gasteiger partial charge >= 0.3 is 0 Å². The third-order valence-electron chi connectivity index (χ3n) is 4.22. The second-order valence-electron chi connectivity index (χ2n) is 5.84. The summed E-state index contributed by atoms with van der Waals surface area (Å²) in [6.07, 6.45) is 6.95. The summed E-state index contributed by atoms with van der Waals surface area (Å²) in [6.45, 7) is 5.34. The number of piperidine rings is 1. The van der Waals surface area contributed by atoms with Crippen molar-refractivity contribution < 1.29 is 4.79 Å². The van der Waals surface area contributed by atoms with Crippen molar-refractivity contribution in [2.45, 2.75) is 45.4 Å². The van der Waals surface area contributed by atoms with Crippen LogP contribution in [0.3, 0.4) is 0 Å². The molecule has 2 rings (SSSR count). The predicted molar refractivity (Wildman–Crippen MR) is 72.4 cm³/mol. The molecular weight excluding hydrogens is 236 g/mol. The van der Waals surface area contributed by atoms with Gasteiger partial charge < -0.3 is 10.6 Å². The highest BCUT2D eigenvalue weighted by Crippen LogP contribution is 2.30. The standard InChI is InChI=1S/C13H24N2O.ClH/c1-13(5-7-14-8-6-13)10-15-12(16)9-11-3-2-4-11;/h11,14H,2-10H2,1H3,(H,15,16);1H. The molecule has 1 heterocycles. The number of hydrogen-bond acceptors (Lipinski definition) is 2. The van der Waals surface area contributed by atoms with Crippen molar-refractivity contribution in [1.29, 1.82) is 0 Å². The first-order valence-corrected chi connectivity index (χ1v) is 6.65. The van der Waals surface area contributed by atoms with Crippen LogP contribution in [0.2, 0.25) is 0 Å². The van der Waals surface area contributed by atoms with E-state index in [2.05, 4.69) is 17.6 Å². The van der Waals surface area contributed by atoms with Crippen LogP contribution in [-0.2, 0) is 4.79 Å². The average Bonchev–Trinajstić information content (AvgIpc) is 2.22. The number of carbonyl (C=O) groups excluding carboxylic acids is 1. The van der Waals surface area contributed by atoms with Crippen molar-refractivity contribution in [3.8, 4) is 0 Å². The SMILES string of the molecule is CC1(CNC(=O)CC2CCC2)CCNCC1.Cl. The summed E-state index contributed by atoms with van der Waals surface area (Å²) in [5, 5.41) is 6.49. The number of amides is 1. The van der Waals surface area contributed by atoms with Crippen molar-refractivity contribution in [1.82, 2.24) is 10.6 Å². The molecule has 0 aromatic carbocycles. The Kier molecular flexibility index (Phi) is 5.74. The summed E-state index contributed by atoms with van der Waals surface area (Å²) in [7, 11) is 0. The molecule has 1 aliphatic carbocycles. The Morgan fingerprint density at radius 3 is 2.53 bits per heavy atom. The number of halogens is 1. The molecule has 1 saturated heterocycles. The lowest BCUT2D eigenvalue weighted by Gasteiger charge is -2.34. The van der Waals surface area contributed by atoms with Crippen molar-refractivity contribution >= 4 is 18.3 Å². The first-order chi connectivity index (χ1) is 7.68. The molecule has 0 atom stereocenters. The van der Waals surface area contributed by atoms with Gasteiger partial charge in [0, 0.05) is 13.0 Å². The van der Waals surface area contributed by atoms with Crippen LogP contribution in [0.15, 0.2) is 0 Å². The maximum atomic E-state index is 11.7. The molecule has 2 fully saturated rings. The van der Waals surface area contributed by atoms with E-state index in [9.17, 15) is 4.79 Å². The van der Waals surface area contributed by atoms with E-state index in [0.29, 0.717) is 11.3 Å². The van der Waals surface area contributed by atoms with Gasteiger partial charge in [0.2, 0.25) is 5.91 Å². The molecule has 1 aliphatic heterocycles. The first-order valence-electron chi connectivity index (χ1n) is 6.65. The highest BCUT2D eigenvalue weighted by molar-refractivity contribution is 5.85. The fourth-order valence-electron chi connectivity index (χ4n) is 2.55. The van der Waals surface area contributed by atoms with Crippen molar-refractivity contribution in [3.05, 3.63) is 0 Å². The van der Waals surface area contributed by atoms with Gasteiger partial charge in [0.05, 0.1) is 0 Å². The minimum absolute atomic E-state index is 0. The Morgan fingerprint density at radius 2 is 2.00 bits per heavy atom. The Bertz CT molecular complexity index is 248. The van der Waals surface area contributed by atoms with Gasteiger partial charge in [-0.05, 0) is 50.1 Å². The van der Waals surface area contributed by atoms with Crippen LogP contribution in [0, 0.1) is 11.3 Å². The normalized spacial score (nSPS) is 23.4. The molecule has 4 heteroatoms. The highest BCUT2D eigenvalue weighted by Gasteiger charge is 2.27. The van der Waals surface area contributed by atoms with Crippen LogP contribution in [0.4, 0.5) is 0 Å². The van der Waals surface area contributed by atoms with Crippen molar-refractivity contribution in [2.75, 3.05) is 19.6 Å². The molecule has 0 unspecified atom stereocenters. The van der Waals surface area contributed by atoms with E-state index < -0.39 is 0 Å². The summed E-state index contributed by atoms with van der Waals surface area (Å²) >= 11 is 0. The maximum absolute atomic E-state index is 11.7. The Labute approximate surface area is 111 Å². The fourth-order valence-corrected chi connectivity index (χ4v) is 2.55. The van der Waals surface area contributed by atoms with Gasteiger partial charge in [0.1, 0.15) is 0 Å². The summed E-state index contributed by atoms with van der Waals surface area (Å²) < 4.78 is 0. The van der Waals surface area contributed by atoms with E-state index in [1.807, 2.05) is 0 Å². The molecule has 17 heavy (non-hydrogen) atoms. The number of hydrogen-bond donors (Lipinski definition) is 2. The van der Waals surface area contributed by atoms with Crippen molar-refractivity contribution in [3.63, 3.8) is 0 Å². The van der Waals surface area contributed by atoms with Gasteiger partial charge in [-0.25, -0.2) is 0 Å². The lowest BCUT2D eigenvalue weighted by molar-refractivity contribution is -0.123. The second kappa shape index (κ2) is 6.60. The van der Waals surface area contributed by atoms with Crippen LogP contribution in [0.1, 0.15) is 45.4 Å². The Hall–Kier alpha value is -0.280. The zero-order chi connectivity index (χ0) is 11.4.